The fraction of sp³-hybridized carbons (Fsp3) is 0.231. The molecule has 6 nitrogen and oxygen atoms in total. The molecule has 2 N–H and O–H groups in total. The molecule has 0 radical (unpaired) electrons. The average Bonchev–Trinajstić information content (AvgIpc) is 2.81. The van der Waals surface area contributed by atoms with E-state index >= 15 is 0 Å². The summed E-state index contributed by atoms with van der Waals surface area (Å²) in [5.74, 6) is 0.696. The number of anilines is 2. The van der Waals surface area contributed by atoms with Crippen molar-refractivity contribution in [1.29, 1.82) is 0 Å². The molecule has 0 heterocycles. The largest absolute Gasteiger partial charge is 0.489 e. The van der Waals surface area contributed by atoms with Crippen LogP contribution in [-0.4, -0.2) is 37.4 Å². The molecule has 3 aromatic rings. The lowest BCUT2D eigenvalue weighted by Gasteiger charge is -2.11. The predicted octanol–water partition coefficient (Wildman–Crippen LogP) is 4.34. The standard InChI is InChI=1S/C26H29N3O3/c1-29(2)26(31)16-13-20-11-14-22(15-12-20)28-25(30)18-27-23-9-6-10-24(17-23)32-19-21-7-4-3-5-8-21/h3-12,14-15,17,27H,13,16,18-19H2,1-2H3,(H,28,30). The highest BCUT2D eigenvalue weighted by Gasteiger charge is 2.06. The maximum atomic E-state index is 12.3. The van der Waals surface area contributed by atoms with E-state index in [1.807, 2.05) is 78.9 Å². The van der Waals surface area contributed by atoms with Gasteiger partial charge in [0.25, 0.3) is 0 Å². The number of hydrogen-bond acceptors (Lipinski definition) is 4. The Morgan fingerprint density at radius 2 is 1.59 bits per heavy atom. The summed E-state index contributed by atoms with van der Waals surface area (Å²) < 4.78 is 5.83. The second-order valence-corrected chi connectivity index (χ2v) is 7.69. The van der Waals surface area contributed by atoms with Gasteiger partial charge >= 0.3 is 0 Å². The van der Waals surface area contributed by atoms with Gasteiger partial charge in [-0.1, -0.05) is 48.5 Å². The third-order valence-corrected chi connectivity index (χ3v) is 4.90. The van der Waals surface area contributed by atoms with Gasteiger partial charge in [-0.05, 0) is 41.8 Å². The summed E-state index contributed by atoms with van der Waals surface area (Å²) in [7, 11) is 3.51. The fourth-order valence-corrected chi connectivity index (χ4v) is 3.05. The lowest BCUT2D eigenvalue weighted by atomic mass is 10.1. The number of ether oxygens (including phenoxy) is 1. The van der Waals surface area contributed by atoms with Gasteiger partial charge in [-0.3, -0.25) is 9.59 Å². The van der Waals surface area contributed by atoms with Gasteiger partial charge in [0.2, 0.25) is 11.8 Å². The van der Waals surface area contributed by atoms with Crippen molar-refractivity contribution in [2.75, 3.05) is 31.3 Å². The normalized spacial score (nSPS) is 10.3. The summed E-state index contributed by atoms with van der Waals surface area (Å²) in [4.78, 5) is 25.6. The van der Waals surface area contributed by atoms with Gasteiger partial charge < -0.3 is 20.3 Å². The minimum absolute atomic E-state index is 0.1000. The first-order chi connectivity index (χ1) is 15.5. The van der Waals surface area contributed by atoms with E-state index in [0.29, 0.717) is 19.4 Å². The van der Waals surface area contributed by atoms with Crippen molar-refractivity contribution < 1.29 is 14.3 Å². The van der Waals surface area contributed by atoms with Crippen LogP contribution in [0.3, 0.4) is 0 Å². The van der Waals surface area contributed by atoms with Crippen LogP contribution in [0.1, 0.15) is 17.5 Å². The molecule has 0 aliphatic rings. The smallest absolute Gasteiger partial charge is 0.243 e. The molecule has 3 aromatic carbocycles. The summed E-state index contributed by atoms with van der Waals surface area (Å²) in [6, 6.07) is 25.1. The van der Waals surface area contributed by atoms with Crippen LogP contribution in [-0.2, 0) is 22.6 Å². The van der Waals surface area contributed by atoms with Gasteiger partial charge in [0, 0.05) is 38.0 Å². The summed E-state index contributed by atoms with van der Waals surface area (Å²) in [6.07, 6.45) is 1.15. The first kappa shape index (κ1) is 22.9. The zero-order valence-electron chi connectivity index (χ0n) is 18.5. The molecule has 0 aliphatic carbocycles. The van der Waals surface area contributed by atoms with Crippen molar-refractivity contribution in [2.24, 2.45) is 0 Å². The fourth-order valence-electron chi connectivity index (χ4n) is 3.05. The topological polar surface area (TPSA) is 70.7 Å². The van der Waals surface area contributed by atoms with Crippen molar-refractivity contribution in [3.05, 3.63) is 90.0 Å². The lowest BCUT2D eigenvalue weighted by Crippen LogP contribution is -2.22. The lowest BCUT2D eigenvalue weighted by molar-refractivity contribution is -0.128. The molecular formula is C26H29N3O3. The zero-order valence-corrected chi connectivity index (χ0v) is 18.5. The van der Waals surface area contributed by atoms with Crippen LogP contribution in [0.4, 0.5) is 11.4 Å². The first-order valence-electron chi connectivity index (χ1n) is 10.6. The average molecular weight is 432 g/mol. The summed E-state index contributed by atoms with van der Waals surface area (Å²) >= 11 is 0. The molecule has 0 unspecified atom stereocenters. The second kappa shape index (κ2) is 11.6. The van der Waals surface area contributed by atoms with Crippen LogP contribution in [0.25, 0.3) is 0 Å². The van der Waals surface area contributed by atoms with Crippen molar-refractivity contribution >= 4 is 23.2 Å². The number of carbonyl (C=O) groups is 2. The van der Waals surface area contributed by atoms with Gasteiger partial charge in [0.15, 0.2) is 0 Å². The van der Waals surface area contributed by atoms with E-state index in [1.165, 1.54) is 0 Å². The molecule has 0 saturated carbocycles. The molecule has 0 spiro atoms. The molecule has 166 valence electrons. The van der Waals surface area contributed by atoms with Crippen LogP contribution in [0.5, 0.6) is 5.75 Å². The first-order valence-corrected chi connectivity index (χ1v) is 10.6. The summed E-state index contributed by atoms with van der Waals surface area (Å²) in [5.41, 5.74) is 3.69. The minimum Gasteiger partial charge on any atom is -0.489 e. The van der Waals surface area contributed by atoms with Crippen LogP contribution >= 0.6 is 0 Å². The van der Waals surface area contributed by atoms with E-state index < -0.39 is 0 Å². The van der Waals surface area contributed by atoms with E-state index in [1.54, 1.807) is 19.0 Å². The molecule has 0 atom stereocenters. The SMILES string of the molecule is CN(C)C(=O)CCc1ccc(NC(=O)CNc2cccc(OCc3ccccc3)c2)cc1. The van der Waals surface area contributed by atoms with Gasteiger partial charge in [0.1, 0.15) is 12.4 Å². The number of nitrogens with one attached hydrogen (secondary N) is 2. The molecule has 0 fully saturated rings. The second-order valence-electron chi connectivity index (χ2n) is 7.69. The Balaban J connectivity index is 1.44. The Kier molecular flexibility index (Phi) is 8.26. The van der Waals surface area contributed by atoms with Crippen LogP contribution in [0, 0.1) is 0 Å². The maximum Gasteiger partial charge on any atom is 0.243 e. The Hall–Kier alpha value is -3.80. The molecule has 32 heavy (non-hydrogen) atoms. The van der Waals surface area contributed by atoms with E-state index in [4.69, 9.17) is 4.74 Å². The Morgan fingerprint density at radius 3 is 2.31 bits per heavy atom. The van der Waals surface area contributed by atoms with Gasteiger partial charge in [-0.2, -0.15) is 0 Å². The van der Waals surface area contributed by atoms with E-state index in [2.05, 4.69) is 10.6 Å². The van der Waals surface area contributed by atoms with Crippen LogP contribution < -0.4 is 15.4 Å². The Labute approximate surface area is 189 Å². The molecule has 3 rings (SSSR count). The molecule has 6 heteroatoms. The Morgan fingerprint density at radius 1 is 0.844 bits per heavy atom. The molecule has 0 bridgehead atoms. The number of amides is 2. The number of carbonyl (C=O) groups excluding carboxylic acids is 2. The van der Waals surface area contributed by atoms with Crippen molar-refractivity contribution in [2.45, 2.75) is 19.4 Å². The van der Waals surface area contributed by atoms with E-state index in [-0.39, 0.29) is 18.4 Å². The van der Waals surface area contributed by atoms with E-state index in [9.17, 15) is 9.59 Å². The molecule has 0 aliphatic heterocycles. The molecule has 0 aromatic heterocycles. The number of aryl methyl sites for hydroxylation is 1. The van der Waals surface area contributed by atoms with Crippen LogP contribution in [0.15, 0.2) is 78.9 Å². The predicted molar refractivity (Wildman–Crippen MR) is 128 cm³/mol. The monoisotopic (exact) mass is 431 g/mol. The number of rotatable bonds is 10. The zero-order chi connectivity index (χ0) is 22.8. The maximum absolute atomic E-state index is 12.3. The minimum atomic E-state index is -0.142. The number of benzene rings is 3. The highest BCUT2D eigenvalue weighted by Crippen LogP contribution is 2.19. The molecule has 2 amide bonds. The summed E-state index contributed by atoms with van der Waals surface area (Å²) in [5, 5.41) is 6.00. The van der Waals surface area contributed by atoms with Gasteiger partial charge in [-0.15, -0.1) is 0 Å². The van der Waals surface area contributed by atoms with E-state index in [0.717, 1.165) is 28.3 Å². The van der Waals surface area contributed by atoms with Crippen molar-refractivity contribution in [1.82, 2.24) is 4.90 Å². The summed E-state index contributed by atoms with van der Waals surface area (Å²) in [6.45, 7) is 0.630. The quantitative estimate of drug-likeness (QED) is 0.501. The van der Waals surface area contributed by atoms with Crippen LogP contribution in [0.2, 0.25) is 0 Å². The highest BCUT2D eigenvalue weighted by molar-refractivity contribution is 5.93. The highest BCUT2D eigenvalue weighted by atomic mass is 16.5. The van der Waals surface area contributed by atoms with Crippen molar-refractivity contribution in [3.8, 4) is 5.75 Å². The van der Waals surface area contributed by atoms with Crippen molar-refractivity contribution in [3.63, 3.8) is 0 Å². The number of nitrogens with zero attached hydrogens (tertiary/aromatic N) is 1. The number of hydrogen-bond donors (Lipinski definition) is 2. The third-order valence-electron chi connectivity index (χ3n) is 4.90. The van der Waals surface area contributed by atoms with Gasteiger partial charge in [-0.25, -0.2) is 0 Å². The van der Waals surface area contributed by atoms with Gasteiger partial charge in [0.05, 0.1) is 6.54 Å². The molecule has 0 saturated heterocycles. The third kappa shape index (κ3) is 7.47. The Bertz CT molecular complexity index is 1020. The molecular weight excluding hydrogens is 402 g/mol.